The van der Waals surface area contributed by atoms with Gasteiger partial charge < -0.3 is 14.5 Å². The third kappa shape index (κ3) is 3.36. The van der Waals surface area contributed by atoms with E-state index in [1.165, 1.54) is 0 Å². The van der Waals surface area contributed by atoms with Crippen LogP contribution in [0.2, 0.25) is 0 Å². The average Bonchev–Trinajstić information content (AvgIpc) is 2.73. The molecule has 1 aromatic heterocycles. The van der Waals surface area contributed by atoms with Crippen LogP contribution in [-0.2, 0) is 17.6 Å². The molecule has 0 unspecified atom stereocenters. The highest BCUT2D eigenvalue weighted by Gasteiger charge is 2.31. The molecule has 0 saturated carbocycles. The minimum Gasteiger partial charge on any atom is -0.492 e. The molecule has 0 radical (unpaired) electrons. The molecule has 1 aromatic carbocycles. The maximum Gasteiger partial charge on any atom is 0.229 e. The Balaban J connectivity index is 1.37. The van der Waals surface area contributed by atoms with Gasteiger partial charge in [0.1, 0.15) is 24.5 Å². The number of rotatable bonds is 3. The molecule has 4 rings (SSSR count). The number of hydrogen-bond acceptors (Lipinski definition) is 5. The van der Waals surface area contributed by atoms with Gasteiger partial charge in [-0.2, -0.15) is 0 Å². The van der Waals surface area contributed by atoms with Crippen LogP contribution in [0.4, 0.5) is 5.82 Å². The zero-order valence-electron chi connectivity index (χ0n) is 15.1. The van der Waals surface area contributed by atoms with Gasteiger partial charge in [-0.3, -0.25) is 4.79 Å². The number of carbonyl (C=O) groups is 1. The van der Waals surface area contributed by atoms with E-state index in [2.05, 4.69) is 21.8 Å². The number of anilines is 1. The van der Waals surface area contributed by atoms with Crippen LogP contribution in [0, 0.1) is 5.92 Å². The molecular formula is C20H24N4O2. The number of aromatic nitrogens is 2. The summed E-state index contributed by atoms with van der Waals surface area (Å²) in [6, 6.07) is 10.0. The Kier molecular flexibility index (Phi) is 4.73. The summed E-state index contributed by atoms with van der Waals surface area (Å²) >= 11 is 0. The highest BCUT2D eigenvalue weighted by molar-refractivity contribution is 5.80. The second kappa shape index (κ2) is 7.32. The van der Waals surface area contributed by atoms with Crippen molar-refractivity contribution >= 4 is 11.7 Å². The Morgan fingerprint density at radius 3 is 2.81 bits per heavy atom. The van der Waals surface area contributed by atoms with Gasteiger partial charge in [-0.25, -0.2) is 9.97 Å². The van der Waals surface area contributed by atoms with Gasteiger partial charge >= 0.3 is 0 Å². The van der Waals surface area contributed by atoms with Crippen molar-refractivity contribution in [1.82, 2.24) is 14.9 Å². The minimum atomic E-state index is -0.0813. The van der Waals surface area contributed by atoms with E-state index < -0.39 is 0 Å². The summed E-state index contributed by atoms with van der Waals surface area (Å²) in [7, 11) is 0. The van der Waals surface area contributed by atoms with E-state index in [9.17, 15) is 4.79 Å². The topological polar surface area (TPSA) is 58.6 Å². The van der Waals surface area contributed by atoms with E-state index in [-0.39, 0.29) is 11.8 Å². The quantitative estimate of drug-likeness (QED) is 0.845. The zero-order valence-corrected chi connectivity index (χ0v) is 15.1. The number of amides is 1. The van der Waals surface area contributed by atoms with Crippen LogP contribution in [0.25, 0.3) is 0 Å². The van der Waals surface area contributed by atoms with E-state index in [1.54, 1.807) is 6.33 Å². The molecule has 2 aliphatic rings. The fourth-order valence-electron chi connectivity index (χ4n) is 3.65. The van der Waals surface area contributed by atoms with Crippen molar-refractivity contribution in [3.63, 3.8) is 0 Å². The number of ether oxygens (including phenoxy) is 1. The molecule has 0 N–H and O–H groups in total. The lowest BCUT2D eigenvalue weighted by molar-refractivity contribution is -0.137. The summed E-state index contributed by atoms with van der Waals surface area (Å²) in [5.74, 6) is 1.99. The normalized spacial score (nSPS) is 19.7. The first-order valence-electron chi connectivity index (χ1n) is 9.30. The van der Waals surface area contributed by atoms with Gasteiger partial charge in [-0.05, 0) is 24.5 Å². The number of para-hydroxylation sites is 1. The van der Waals surface area contributed by atoms with Crippen LogP contribution in [0.5, 0.6) is 5.75 Å². The third-order valence-electron chi connectivity index (χ3n) is 5.22. The molecule has 6 heteroatoms. The molecule has 26 heavy (non-hydrogen) atoms. The lowest BCUT2D eigenvalue weighted by atomic mass is 9.95. The molecule has 2 aliphatic heterocycles. The van der Waals surface area contributed by atoms with Gasteiger partial charge in [0.05, 0.1) is 5.92 Å². The van der Waals surface area contributed by atoms with Crippen LogP contribution in [0.1, 0.15) is 18.2 Å². The van der Waals surface area contributed by atoms with Crippen LogP contribution in [-0.4, -0.2) is 53.6 Å². The summed E-state index contributed by atoms with van der Waals surface area (Å²) in [5, 5.41) is 0. The highest BCUT2D eigenvalue weighted by Crippen LogP contribution is 2.28. The number of nitrogens with zero attached hydrogens (tertiary/aromatic N) is 4. The number of carbonyl (C=O) groups excluding carboxylic acids is 1. The summed E-state index contributed by atoms with van der Waals surface area (Å²) in [6.07, 6.45) is 3.29. The van der Waals surface area contributed by atoms with Gasteiger partial charge in [-0.15, -0.1) is 0 Å². The van der Waals surface area contributed by atoms with Gasteiger partial charge in [0.15, 0.2) is 0 Å². The van der Waals surface area contributed by atoms with Crippen molar-refractivity contribution in [3.8, 4) is 5.75 Å². The monoisotopic (exact) mass is 352 g/mol. The van der Waals surface area contributed by atoms with Crippen LogP contribution < -0.4 is 9.64 Å². The second-order valence-electron chi connectivity index (χ2n) is 6.85. The first-order chi connectivity index (χ1) is 12.7. The molecule has 3 heterocycles. The Morgan fingerprint density at radius 1 is 1.19 bits per heavy atom. The van der Waals surface area contributed by atoms with E-state index in [4.69, 9.17) is 4.74 Å². The highest BCUT2D eigenvalue weighted by atomic mass is 16.5. The largest absolute Gasteiger partial charge is 0.492 e. The van der Waals surface area contributed by atoms with Gasteiger partial charge in [-0.1, -0.05) is 25.1 Å². The first-order valence-corrected chi connectivity index (χ1v) is 9.30. The van der Waals surface area contributed by atoms with Crippen LogP contribution >= 0.6 is 0 Å². The Hall–Kier alpha value is -2.63. The summed E-state index contributed by atoms with van der Waals surface area (Å²) < 4.78 is 5.79. The van der Waals surface area contributed by atoms with Gasteiger partial charge in [0.25, 0.3) is 0 Å². The summed E-state index contributed by atoms with van der Waals surface area (Å²) in [4.78, 5) is 25.8. The lowest BCUT2D eigenvalue weighted by Crippen LogP contribution is -2.52. The zero-order chi connectivity index (χ0) is 17.9. The molecule has 6 nitrogen and oxygen atoms in total. The predicted octanol–water partition coefficient (Wildman–Crippen LogP) is 1.94. The molecule has 1 atom stereocenters. The fraction of sp³-hybridized carbons (Fsp3) is 0.450. The van der Waals surface area contributed by atoms with Crippen LogP contribution in [0.3, 0.4) is 0 Å². The van der Waals surface area contributed by atoms with E-state index >= 15 is 0 Å². The molecular weight excluding hydrogens is 328 g/mol. The van der Waals surface area contributed by atoms with E-state index in [1.807, 2.05) is 35.2 Å². The maximum atomic E-state index is 12.9. The number of hydrogen-bond donors (Lipinski definition) is 0. The first kappa shape index (κ1) is 16.8. The molecule has 0 aliphatic carbocycles. The van der Waals surface area contributed by atoms with E-state index in [0.29, 0.717) is 6.61 Å². The average molecular weight is 352 g/mol. The van der Waals surface area contributed by atoms with Gasteiger partial charge in [0.2, 0.25) is 5.91 Å². The third-order valence-corrected chi connectivity index (χ3v) is 5.22. The molecule has 1 amide bonds. The van der Waals surface area contributed by atoms with Gasteiger partial charge in [0, 0.05) is 37.9 Å². The van der Waals surface area contributed by atoms with Crippen molar-refractivity contribution in [2.45, 2.75) is 19.8 Å². The number of benzene rings is 1. The van der Waals surface area contributed by atoms with E-state index in [0.717, 1.165) is 61.8 Å². The SMILES string of the molecule is CCc1cc(N2CCN(C(=O)[C@@H]3COc4ccccc4C3)CC2)ncn1. The molecule has 2 aromatic rings. The van der Waals surface area contributed by atoms with Crippen molar-refractivity contribution in [3.05, 3.63) is 47.9 Å². The Bertz CT molecular complexity index is 787. The number of piperazine rings is 1. The Labute approximate surface area is 153 Å². The Morgan fingerprint density at radius 2 is 2.00 bits per heavy atom. The van der Waals surface area contributed by atoms with Crippen molar-refractivity contribution in [2.75, 3.05) is 37.7 Å². The molecule has 1 fully saturated rings. The standard InChI is InChI=1S/C20H24N4O2/c1-2-17-12-19(22-14-21-17)23-7-9-24(10-8-23)20(25)16-11-15-5-3-4-6-18(15)26-13-16/h3-6,12,14,16H,2,7-11,13H2,1H3/t16-/m0/s1. The smallest absolute Gasteiger partial charge is 0.229 e. The molecule has 0 spiro atoms. The van der Waals surface area contributed by atoms with Crippen molar-refractivity contribution < 1.29 is 9.53 Å². The lowest BCUT2D eigenvalue weighted by Gasteiger charge is -2.37. The van der Waals surface area contributed by atoms with Crippen molar-refractivity contribution in [2.24, 2.45) is 5.92 Å². The molecule has 136 valence electrons. The summed E-state index contributed by atoms with van der Waals surface area (Å²) in [6.45, 7) is 5.62. The van der Waals surface area contributed by atoms with Crippen molar-refractivity contribution in [1.29, 1.82) is 0 Å². The molecule has 0 bridgehead atoms. The fourth-order valence-corrected chi connectivity index (χ4v) is 3.65. The summed E-state index contributed by atoms with van der Waals surface area (Å²) in [5.41, 5.74) is 2.18. The second-order valence-corrected chi connectivity index (χ2v) is 6.85. The minimum absolute atomic E-state index is 0.0813. The van der Waals surface area contributed by atoms with Crippen LogP contribution in [0.15, 0.2) is 36.7 Å². The molecule has 1 saturated heterocycles. The number of fused-ring (bicyclic) bond motifs is 1. The predicted molar refractivity (Wildman–Crippen MR) is 99.3 cm³/mol. The number of aryl methyl sites for hydroxylation is 1. The maximum absolute atomic E-state index is 12.9.